The van der Waals surface area contributed by atoms with Crippen molar-refractivity contribution in [1.29, 1.82) is 5.41 Å². The van der Waals surface area contributed by atoms with E-state index in [-0.39, 0.29) is 0 Å². The molecule has 0 atom stereocenters. The second-order valence-corrected chi connectivity index (χ2v) is 11.4. The maximum absolute atomic E-state index is 8.38. The Labute approximate surface area is 248 Å². The molecule has 2 N–H and O–H groups in total. The molecule has 4 nitrogen and oxygen atoms in total. The number of para-hydroxylation sites is 2. The van der Waals surface area contributed by atoms with Crippen molar-refractivity contribution in [3.8, 4) is 11.1 Å². The Morgan fingerprint density at radius 1 is 0.810 bits per heavy atom. The van der Waals surface area contributed by atoms with E-state index in [0.29, 0.717) is 12.3 Å². The molecule has 0 saturated heterocycles. The molecular formula is C38H38N4. The van der Waals surface area contributed by atoms with E-state index >= 15 is 0 Å². The van der Waals surface area contributed by atoms with Gasteiger partial charge in [0.25, 0.3) is 0 Å². The van der Waals surface area contributed by atoms with Gasteiger partial charge in [-0.2, -0.15) is 0 Å². The third kappa shape index (κ3) is 4.97. The van der Waals surface area contributed by atoms with Crippen LogP contribution in [-0.4, -0.2) is 21.4 Å². The van der Waals surface area contributed by atoms with Crippen molar-refractivity contribution in [2.75, 3.05) is 6.54 Å². The average Bonchev–Trinajstić information content (AvgIpc) is 3.38. The summed E-state index contributed by atoms with van der Waals surface area (Å²) in [6, 6.07) is 28.3. The van der Waals surface area contributed by atoms with E-state index in [1.54, 1.807) is 0 Å². The van der Waals surface area contributed by atoms with Crippen LogP contribution in [0.3, 0.4) is 0 Å². The highest BCUT2D eigenvalue weighted by atomic mass is 15.0. The fraction of sp³-hybridized carbons (Fsp3) is 0.237. The van der Waals surface area contributed by atoms with E-state index in [1.807, 2.05) is 12.1 Å². The van der Waals surface area contributed by atoms with E-state index in [1.165, 1.54) is 62.0 Å². The molecule has 5 aromatic rings. The van der Waals surface area contributed by atoms with Gasteiger partial charge in [-0.1, -0.05) is 85.0 Å². The van der Waals surface area contributed by atoms with Crippen LogP contribution in [0.1, 0.15) is 42.6 Å². The Bertz CT molecular complexity index is 1840. The maximum Gasteiger partial charge on any atom is 0.0534 e. The summed E-state index contributed by atoms with van der Waals surface area (Å²) in [5, 5.41) is 14.5. The average molecular weight is 551 g/mol. The molecule has 0 spiro atoms. The number of hydrogen-bond donors (Lipinski definition) is 2. The van der Waals surface area contributed by atoms with Crippen LogP contribution in [0.4, 0.5) is 0 Å². The molecule has 2 aliphatic carbocycles. The zero-order valence-electron chi connectivity index (χ0n) is 24.2. The molecule has 0 aliphatic heterocycles. The van der Waals surface area contributed by atoms with Crippen LogP contribution in [-0.2, 0) is 25.9 Å². The van der Waals surface area contributed by atoms with E-state index in [9.17, 15) is 0 Å². The first-order chi connectivity index (χ1) is 20.8. The molecule has 0 bridgehead atoms. The Kier molecular flexibility index (Phi) is 7.46. The molecule has 4 heteroatoms. The SMILES string of the molecule is N=C(/C=C\CCn1c2c(c3ccccc31)-c1c(n(C3=CC=CCCC3)c3ccccc13)CC2)CNCc1ccccc1. The monoisotopic (exact) mass is 550 g/mol. The summed E-state index contributed by atoms with van der Waals surface area (Å²) in [4.78, 5) is 0. The van der Waals surface area contributed by atoms with Gasteiger partial charge >= 0.3 is 0 Å². The molecule has 7 rings (SSSR count). The van der Waals surface area contributed by atoms with E-state index in [0.717, 1.165) is 45.2 Å². The molecule has 0 saturated carbocycles. The number of fused-ring (bicyclic) bond motifs is 7. The van der Waals surface area contributed by atoms with Crippen LogP contribution in [0, 0.1) is 5.41 Å². The molecule has 0 amide bonds. The first-order valence-electron chi connectivity index (χ1n) is 15.4. The normalized spacial score (nSPS) is 14.7. The first-order valence-corrected chi connectivity index (χ1v) is 15.4. The summed E-state index contributed by atoms with van der Waals surface area (Å²) in [5.41, 5.74) is 11.7. The van der Waals surface area contributed by atoms with Gasteiger partial charge in [0.2, 0.25) is 0 Å². The van der Waals surface area contributed by atoms with Crippen molar-refractivity contribution in [2.24, 2.45) is 0 Å². The molecule has 0 unspecified atom stereocenters. The van der Waals surface area contributed by atoms with Gasteiger partial charge in [-0.3, -0.25) is 0 Å². The van der Waals surface area contributed by atoms with Crippen LogP contribution in [0.5, 0.6) is 0 Å². The second-order valence-electron chi connectivity index (χ2n) is 11.4. The van der Waals surface area contributed by atoms with Crippen molar-refractivity contribution >= 4 is 33.2 Å². The Morgan fingerprint density at radius 2 is 1.52 bits per heavy atom. The molecule has 42 heavy (non-hydrogen) atoms. The zero-order chi connectivity index (χ0) is 28.3. The summed E-state index contributed by atoms with van der Waals surface area (Å²) in [5.74, 6) is 0. The molecule has 0 fully saturated rings. The smallest absolute Gasteiger partial charge is 0.0534 e. The predicted molar refractivity (Wildman–Crippen MR) is 177 cm³/mol. The number of benzene rings is 3. The standard InChI is InChI=1S/C38H38N4/c39-29(27-40-26-28-14-4-3-5-15-28)16-12-13-25-41-33-21-10-8-19-31(33)37-35(41)23-24-36-38(37)32-20-9-11-22-34(32)42(36)30-17-6-1-2-7-18-30/h1,3-6,8-12,14-17,19-22,39-40H,2,7,13,18,23-27H2/b16-12-,39-29?. The molecule has 3 aromatic carbocycles. The van der Waals surface area contributed by atoms with Crippen molar-refractivity contribution in [3.63, 3.8) is 0 Å². The minimum atomic E-state index is 0.576. The molecular weight excluding hydrogens is 512 g/mol. The van der Waals surface area contributed by atoms with Crippen molar-refractivity contribution in [2.45, 2.75) is 51.6 Å². The number of rotatable bonds is 9. The first kappa shape index (κ1) is 26.5. The van der Waals surface area contributed by atoms with Crippen LogP contribution in [0.15, 0.2) is 109 Å². The molecule has 210 valence electrons. The van der Waals surface area contributed by atoms with Gasteiger partial charge in [0.15, 0.2) is 0 Å². The third-order valence-corrected chi connectivity index (χ3v) is 8.74. The molecule has 2 aromatic heterocycles. The van der Waals surface area contributed by atoms with Crippen LogP contribution >= 0.6 is 0 Å². The van der Waals surface area contributed by atoms with Gasteiger partial charge in [-0.15, -0.1) is 0 Å². The number of aryl methyl sites for hydroxylation is 1. The lowest BCUT2D eigenvalue weighted by molar-refractivity contribution is 0.680. The minimum absolute atomic E-state index is 0.576. The summed E-state index contributed by atoms with van der Waals surface area (Å²) in [6.45, 7) is 2.28. The number of nitrogens with zero attached hydrogens (tertiary/aromatic N) is 2. The molecule has 2 heterocycles. The van der Waals surface area contributed by atoms with Gasteiger partial charge < -0.3 is 19.9 Å². The molecule has 2 aliphatic rings. The molecule has 0 radical (unpaired) electrons. The van der Waals surface area contributed by atoms with Crippen molar-refractivity contribution in [3.05, 3.63) is 126 Å². The van der Waals surface area contributed by atoms with Gasteiger partial charge in [0.05, 0.1) is 5.52 Å². The number of hydrogen-bond acceptors (Lipinski definition) is 2. The predicted octanol–water partition coefficient (Wildman–Crippen LogP) is 8.70. The zero-order valence-corrected chi connectivity index (χ0v) is 24.2. The van der Waals surface area contributed by atoms with Crippen LogP contribution in [0.2, 0.25) is 0 Å². The van der Waals surface area contributed by atoms with Crippen LogP contribution < -0.4 is 5.32 Å². The lowest BCUT2D eigenvalue weighted by Gasteiger charge is -2.20. The minimum Gasteiger partial charge on any atom is -0.344 e. The quantitative estimate of drug-likeness (QED) is 0.177. The highest BCUT2D eigenvalue weighted by Gasteiger charge is 2.30. The van der Waals surface area contributed by atoms with Crippen molar-refractivity contribution in [1.82, 2.24) is 14.5 Å². The van der Waals surface area contributed by atoms with Gasteiger partial charge in [0.1, 0.15) is 0 Å². The lowest BCUT2D eigenvalue weighted by Crippen LogP contribution is -2.20. The maximum atomic E-state index is 8.38. The van der Waals surface area contributed by atoms with E-state index in [2.05, 4.69) is 112 Å². The Hall–Kier alpha value is -4.41. The summed E-state index contributed by atoms with van der Waals surface area (Å²) >= 11 is 0. The van der Waals surface area contributed by atoms with Gasteiger partial charge in [0, 0.05) is 69.8 Å². The Balaban J connectivity index is 1.17. The fourth-order valence-electron chi connectivity index (χ4n) is 6.90. The number of allylic oxidation sites excluding steroid dienone is 5. The Morgan fingerprint density at radius 3 is 2.38 bits per heavy atom. The van der Waals surface area contributed by atoms with Crippen LogP contribution in [0.25, 0.3) is 38.6 Å². The summed E-state index contributed by atoms with van der Waals surface area (Å²) in [7, 11) is 0. The number of aromatic nitrogens is 2. The van der Waals surface area contributed by atoms with E-state index < -0.39 is 0 Å². The lowest BCUT2D eigenvalue weighted by atomic mass is 9.91. The van der Waals surface area contributed by atoms with Gasteiger partial charge in [-0.05, 0) is 68.4 Å². The third-order valence-electron chi connectivity index (χ3n) is 8.74. The van der Waals surface area contributed by atoms with Gasteiger partial charge in [-0.25, -0.2) is 0 Å². The fourth-order valence-corrected chi connectivity index (χ4v) is 6.90. The highest BCUT2D eigenvalue weighted by molar-refractivity contribution is 6.09. The highest BCUT2D eigenvalue weighted by Crippen LogP contribution is 2.47. The van der Waals surface area contributed by atoms with E-state index in [4.69, 9.17) is 5.41 Å². The number of nitrogens with one attached hydrogen (secondary N) is 2. The topological polar surface area (TPSA) is 45.7 Å². The van der Waals surface area contributed by atoms with Crippen molar-refractivity contribution < 1.29 is 0 Å². The summed E-state index contributed by atoms with van der Waals surface area (Å²) < 4.78 is 5.13. The summed E-state index contributed by atoms with van der Waals surface area (Å²) in [6.07, 6.45) is 17.5. The largest absolute Gasteiger partial charge is 0.344 e. The second kappa shape index (κ2) is 11.8.